The van der Waals surface area contributed by atoms with Crippen LogP contribution in [0, 0.1) is 0 Å². The topological polar surface area (TPSA) is 81.0 Å². The number of nitrogen functional groups attached to an aromatic ring is 1. The summed E-state index contributed by atoms with van der Waals surface area (Å²) in [5.41, 5.74) is 5.90. The summed E-state index contributed by atoms with van der Waals surface area (Å²) in [7, 11) is 0. The van der Waals surface area contributed by atoms with Crippen molar-refractivity contribution in [1.29, 1.82) is 0 Å². The van der Waals surface area contributed by atoms with Gasteiger partial charge in [0, 0.05) is 18.2 Å². The monoisotopic (exact) mass is 265 g/mol. The van der Waals surface area contributed by atoms with Crippen LogP contribution in [-0.4, -0.2) is 9.97 Å². The summed E-state index contributed by atoms with van der Waals surface area (Å²) in [6.45, 7) is 1.88. The Morgan fingerprint density at radius 1 is 1.44 bits per heavy atom. The number of hydrogen-bond acceptors (Lipinski definition) is 4. The molecule has 0 saturated carbocycles. The van der Waals surface area contributed by atoms with Gasteiger partial charge in [-0.05, 0) is 12.1 Å². The molecular formula is C12H12ClN3O2. The lowest BCUT2D eigenvalue weighted by Gasteiger charge is -2.07. The highest BCUT2D eigenvalue weighted by atomic mass is 35.5. The maximum Gasteiger partial charge on any atom is 0.254 e. The Morgan fingerprint density at radius 3 is 2.94 bits per heavy atom. The summed E-state index contributed by atoms with van der Waals surface area (Å²) in [5.74, 6) is 1.12. The lowest BCUT2D eigenvalue weighted by atomic mass is 10.3. The van der Waals surface area contributed by atoms with Crippen molar-refractivity contribution in [2.45, 2.75) is 13.3 Å². The molecule has 6 heteroatoms. The Hall–Kier alpha value is -2.01. The number of rotatable bonds is 3. The second-order valence-corrected chi connectivity index (χ2v) is 4.08. The fourth-order valence-electron chi connectivity index (χ4n) is 1.41. The van der Waals surface area contributed by atoms with E-state index in [4.69, 9.17) is 22.1 Å². The molecule has 1 heterocycles. The van der Waals surface area contributed by atoms with Crippen molar-refractivity contribution in [3.63, 3.8) is 0 Å². The van der Waals surface area contributed by atoms with E-state index < -0.39 is 0 Å². The van der Waals surface area contributed by atoms with Crippen molar-refractivity contribution in [2.24, 2.45) is 0 Å². The minimum Gasteiger partial charge on any atom is -0.437 e. The molecule has 0 amide bonds. The molecule has 0 aliphatic rings. The first-order chi connectivity index (χ1) is 8.58. The summed E-state index contributed by atoms with van der Waals surface area (Å²) in [4.78, 5) is 18.1. The van der Waals surface area contributed by atoms with Gasteiger partial charge in [0.05, 0.1) is 11.1 Å². The van der Waals surface area contributed by atoms with Crippen molar-refractivity contribution in [3.8, 4) is 11.6 Å². The van der Waals surface area contributed by atoms with Gasteiger partial charge in [-0.2, -0.15) is 4.98 Å². The number of aromatic nitrogens is 2. The molecular weight excluding hydrogens is 254 g/mol. The molecule has 0 unspecified atom stereocenters. The van der Waals surface area contributed by atoms with Gasteiger partial charge in [0.15, 0.2) is 0 Å². The number of halogens is 1. The second kappa shape index (κ2) is 5.10. The van der Waals surface area contributed by atoms with Crippen LogP contribution in [0.1, 0.15) is 12.7 Å². The first-order valence-corrected chi connectivity index (χ1v) is 5.79. The van der Waals surface area contributed by atoms with Gasteiger partial charge in [0.2, 0.25) is 5.88 Å². The zero-order chi connectivity index (χ0) is 13.1. The van der Waals surface area contributed by atoms with E-state index in [-0.39, 0.29) is 11.4 Å². The van der Waals surface area contributed by atoms with Gasteiger partial charge < -0.3 is 15.5 Å². The van der Waals surface area contributed by atoms with Gasteiger partial charge in [-0.3, -0.25) is 4.79 Å². The van der Waals surface area contributed by atoms with Crippen LogP contribution in [-0.2, 0) is 6.42 Å². The van der Waals surface area contributed by atoms with Gasteiger partial charge in [0.1, 0.15) is 11.6 Å². The van der Waals surface area contributed by atoms with E-state index in [0.29, 0.717) is 28.7 Å². The molecule has 0 saturated heterocycles. The molecule has 18 heavy (non-hydrogen) atoms. The lowest BCUT2D eigenvalue weighted by Crippen LogP contribution is -2.10. The van der Waals surface area contributed by atoms with E-state index in [2.05, 4.69) is 9.97 Å². The Balaban J connectivity index is 2.36. The van der Waals surface area contributed by atoms with Gasteiger partial charge in [-0.1, -0.05) is 18.5 Å². The first kappa shape index (κ1) is 12.4. The molecule has 1 aromatic heterocycles. The predicted molar refractivity (Wildman–Crippen MR) is 70.2 cm³/mol. The van der Waals surface area contributed by atoms with E-state index in [9.17, 15) is 4.79 Å². The van der Waals surface area contributed by atoms with E-state index in [1.54, 1.807) is 18.2 Å². The van der Waals surface area contributed by atoms with Crippen LogP contribution in [0.4, 0.5) is 5.69 Å². The average Bonchev–Trinajstić information content (AvgIpc) is 2.33. The van der Waals surface area contributed by atoms with Crippen LogP contribution in [0.2, 0.25) is 5.02 Å². The number of aryl methyl sites for hydroxylation is 1. The quantitative estimate of drug-likeness (QED) is 0.835. The van der Waals surface area contributed by atoms with Gasteiger partial charge in [-0.15, -0.1) is 0 Å². The number of hydrogen-bond donors (Lipinski definition) is 2. The molecule has 0 bridgehead atoms. The van der Waals surface area contributed by atoms with Crippen LogP contribution < -0.4 is 16.0 Å². The molecule has 0 aliphatic carbocycles. The van der Waals surface area contributed by atoms with Crippen LogP contribution >= 0.6 is 11.6 Å². The third-order valence-electron chi connectivity index (χ3n) is 2.27. The molecule has 94 valence electrons. The Morgan fingerprint density at radius 2 is 2.22 bits per heavy atom. The highest BCUT2D eigenvalue weighted by molar-refractivity contribution is 6.32. The number of benzene rings is 1. The minimum atomic E-state index is -0.267. The fourth-order valence-corrected chi connectivity index (χ4v) is 1.57. The average molecular weight is 266 g/mol. The molecule has 3 N–H and O–H groups in total. The zero-order valence-electron chi connectivity index (χ0n) is 9.74. The molecule has 0 fully saturated rings. The van der Waals surface area contributed by atoms with E-state index >= 15 is 0 Å². The third-order valence-corrected chi connectivity index (χ3v) is 2.58. The second-order valence-electron chi connectivity index (χ2n) is 3.68. The summed E-state index contributed by atoms with van der Waals surface area (Å²) in [6.07, 6.45) is 0.608. The number of nitrogens with zero attached hydrogens (tertiary/aromatic N) is 1. The van der Waals surface area contributed by atoms with Gasteiger partial charge >= 0.3 is 0 Å². The van der Waals surface area contributed by atoms with Crippen molar-refractivity contribution >= 4 is 17.3 Å². The number of ether oxygens (including phenoxy) is 1. The maximum atomic E-state index is 11.4. The van der Waals surface area contributed by atoms with Crippen LogP contribution in [0.25, 0.3) is 0 Å². The Bertz CT molecular complexity index is 625. The zero-order valence-corrected chi connectivity index (χ0v) is 10.5. The minimum absolute atomic E-state index is 0.197. The van der Waals surface area contributed by atoms with Crippen LogP contribution in [0.15, 0.2) is 29.1 Å². The molecule has 0 spiro atoms. The van der Waals surface area contributed by atoms with Crippen molar-refractivity contribution in [2.75, 3.05) is 5.73 Å². The number of anilines is 1. The van der Waals surface area contributed by atoms with Crippen LogP contribution in [0.5, 0.6) is 11.6 Å². The Labute approximate surface area is 109 Å². The standard InChI is InChI=1S/C12H12ClN3O2/c1-2-10-15-11(17)6-12(16-10)18-9-5-7(14)3-4-8(9)13/h3-6H,2,14H2,1H3,(H,15,16,17). The molecule has 0 aliphatic heterocycles. The number of aromatic amines is 1. The molecule has 1 aromatic carbocycles. The normalized spacial score (nSPS) is 10.3. The molecule has 0 radical (unpaired) electrons. The Kier molecular flexibility index (Phi) is 3.53. The highest BCUT2D eigenvalue weighted by Gasteiger charge is 2.06. The number of nitrogens with one attached hydrogen (secondary N) is 1. The van der Waals surface area contributed by atoms with Gasteiger partial charge in [0.25, 0.3) is 5.56 Å². The largest absolute Gasteiger partial charge is 0.437 e. The molecule has 5 nitrogen and oxygen atoms in total. The summed E-state index contributed by atoms with van der Waals surface area (Å²) in [6, 6.07) is 6.13. The van der Waals surface area contributed by atoms with Gasteiger partial charge in [-0.25, -0.2) is 0 Å². The first-order valence-electron chi connectivity index (χ1n) is 5.41. The molecule has 2 rings (SSSR count). The molecule has 2 aromatic rings. The summed E-state index contributed by atoms with van der Waals surface area (Å²) >= 11 is 5.97. The number of H-pyrrole nitrogens is 1. The highest BCUT2D eigenvalue weighted by Crippen LogP contribution is 2.29. The summed E-state index contributed by atoms with van der Waals surface area (Å²) < 4.78 is 5.47. The maximum absolute atomic E-state index is 11.4. The van der Waals surface area contributed by atoms with Crippen molar-refractivity contribution in [3.05, 3.63) is 45.5 Å². The fraction of sp³-hybridized carbons (Fsp3) is 0.167. The van der Waals surface area contributed by atoms with Crippen LogP contribution in [0.3, 0.4) is 0 Å². The van der Waals surface area contributed by atoms with E-state index in [1.165, 1.54) is 6.07 Å². The van der Waals surface area contributed by atoms with E-state index in [0.717, 1.165) is 0 Å². The van der Waals surface area contributed by atoms with Crippen molar-refractivity contribution in [1.82, 2.24) is 9.97 Å². The summed E-state index contributed by atoms with van der Waals surface area (Å²) in [5, 5.41) is 0.407. The van der Waals surface area contributed by atoms with Crippen molar-refractivity contribution < 1.29 is 4.74 Å². The smallest absolute Gasteiger partial charge is 0.254 e. The molecule has 0 atom stereocenters. The number of nitrogens with two attached hydrogens (primary N) is 1. The van der Waals surface area contributed by atoms with E-state index in [1.807, 2.05) is 6.92 Å². The predicted octanol–water partition coefficient (Wildman–Crippen LogP) is 2.36. The SMILES string of the molecule is CCc1nc(Oc2cc(N)ccc2Cl)cc(=O)[nH]1. The lowest BCUT2D eigenvalue weighted by molar-refractivity contribution is 0.458. The third kappa shape index (κ3) is 2.81.